The maximum Gasteiger partial charge on any atom is 0.338 e. The number of hydrogen-bond donors (Lipinski definition) is 3. The number of aryl methyl sites for hydroxylation is 1. The number of carbonyl (C=O) groups is 3. The van der Waals surface area contributed by atoms with Gasteiger partial charge >= 0.3 is 17.9 Å². The molecule has 9 nitrogen and oxygen atoms in total. The van der Waals surface area contributed by atoms with Gasteiger partial charge in [-0.2, -0.15) is 8.42 Å². The largest absolute Gasteiger partial charge is 0.481 e. The predicted molar refractivity (Wildman–Crippen MR) is 74.3 cm³/mol. The fourth-order valence-corrected chi connectivity index (χ4v) is 2.93. The summed E-state index contributed by atoms with van der Waals surface area (Å²) in [5, 5.41) is 26.7. The number of benzene rings is 1. The van der Waals surface area contributed by atoms with Crippen LogP contribution in [-0.4, -0.2) is 47.2 Å². The molecule has 0 saturated carbocycles. The Bertz CT molecular complexity index is 702. The van der Waals surface area contributed by atoms with E-state index in [0.29, 0.717) is 0 Å². The molecular weight excluding hydrogens is 332 g/mol. The Hall–Kier alpha value is -2.46. The zero-order valence-electron chi connectivity index (χ0n) is 11.9. The Balaban J connectivity index is 3.31. The SMILES string of the molecule is Cc1ccc(S(=O)(=O)OC(CC(=O)O)(CC(=O)O)C(=O)O)cc1. The molecule has 0 atom stereocenters. The van der Waals surface area contributed by atoms with Crippen molar-refractivity contribution in [1.82, 2.24) is 0 Å². The molecule has 0 radical (unpaired) electrons. The number of aliphatic carboxylic acids is 3. The van der Waals surface area contributed by atoms with E-state index in [2.05, 4.69) is 4.18 Å². The quantitative estimate of drug-likeness (QED) is 0.569. The van der Waals surface area contributed by atoms with Gasteiger partial charge in [-0.3, -0.25) is 9.59 Å². The summed E-state index contributed by atoms with van der Waals surface area (Å²) < 4.78 is 28.9. The van der Waals surface area contributed by atoms with E-state index in [1.165, 1.54) is 12.1 Å². The minimum absolute atomic E-state index is 0.412. The van der Waals surface area contributed by atoms with Gasteiger partial charge in [0.1, 0.15) is 0 Å². The lowest BCUT2D eigenvalue weighted by molar-refractivity contribution is -0.166. The van der Waals surface area contributed by atoms with Crippen molar-refractivity contribution in [3.8, 4) is 0 Å². The molecule has 23 heavy (non-hydrogen) atoms. The summed E-state index contributed by atoms with van der Waals surface area (Å²) in [6.45, 7) is 1.69. The average Bonchev–Trinajstić information content (AvgIpc) is 2.36. The molecule has 0 unspecified atom stereocenters. The Morgan fingerprint density at radius 1 is 1.00 bits per heavy atom. The molecule has 0 fully saturated rings. The number of hydrogen-bond acceptors (Lipinski definition) is 6. The van der Waals surface area contributed by atoms with E-state index in [-0.39, 0.29) is 0 Å². The highest BCUT2D eigenvalue weighted by Gasteiger charge is 2.48. The molecule has 3 N–H and O–H groups in total. The summed E-state index contributed by atoms with van der Waals surface area (Å²) in [4.78, 5) is 32.6. The van der Waals surface area contributed by atoms with Gasteiger partial charge in [-0.15, -0.1) is 0 Å². The van der Waals surface area contributed by atoms with Crippen molar-refractivity contribution < 1.29 is 42.3 Å². The third-order valence-corrected chi connectivity index (χ3v) is 4.23. The zero-order chi connectivity index (χ0) is 17.8. The molecule has 0 aliphatic rings. The predicted octanol–water partition coefficient (Wildman–Crippen LogP) is 0.473. The highest BCUT2D eigenvalue weighted by molar-refractivity contribution is 7.86. The maximum absolute atomic E-state index is 12.2. The van der Waals surface area contributed by atoms with Crippen molar-refractivity contribution in [1.29, 1.82) is 0 Å². The van der Waals surface area contributed by atoms with Crippen LogP contribution in [0, 0.1) is 6.92 Å². The lowest BCUT2D eigenvalue weighted by Gasteiger charge is -2.25. The third-order valence-electron chi connectivity index (χ3n) is 2.84. The minimum Gasteiger partial charge on any atom is -0.481 e. The molecule has 0 spiro atoms. The van der Waals surface area contributed by atoms with Crippen LogP contribution in [0.5, 0.6) is 0 Å². The Kier molecular flexibility index (Phi) is 5.46. The van der Waals surface area contributed by atoms with Gasteiger partial charge in [0.15, 0.2) is 0 Å². The number of carboxylic acids is 3. The lowest BCUT2D eigenvalue weighted by Crippen LogP contribution is -2.47. The zero-order valence-corrected chi connectivity index (χ0v) is 12.7. The monoisotopic (exact) mass is 346 g/mol. The third kappa shape index (κ3) is 4.76. The molecule has 1 aromatic rings. The van der Waals surface area contributed by atoms with E-state index in [0.717, 1.165) is 17.7 Å². The van der Waals surface area contributed by atoms with Gasteiger partial charge < -0.3 is 15.3 Å². The van der Waals surface area contributed by atoms with Crippen molar-refractivity contribution in [3.63, 3.8) is 0 Å². The highest BCUT2D eigenvalue weighted by Crippen LogP contribution is 2.28. The van der Waals surface area contributed by atoms with Gasteiger partial charge in [-0.05, 0) is 19.1 Å². The van der Waals surface area contributed by atoms with E-state index in [1.807, 2.05) is 0 Å². The van der Waals surface area contributed by atoms with Crippen LogP contribution < -0.4 is 0 Å². The topological polar surface area (TPSA) is 155 Å². The molecule has 126 valence electrons. The second-order valence-electron chi connectivity index (χ2n) is 4.79. The van der Waals surface area contributed by atoms with Gasteiger partial charge in [-0.25, -0.2) is 8.98 Å². The molecular formula is C13H14O9S. The molecule has 0 amide bonds. The van der Waals surface area contributed by atoms with E-state index >= 15 is 0 Å². The van der Waals surface area contributed by atoms with E-state index in [4.69, 9.17) is 15.3 Å². The molecule has 0 aromatic heterocycles. The van der Waals surface area contributed by atoms with Gasteiger partial charge in [0, 0.05) is 0 Å². The molecule has 0 aliphatic carbocycles. The van der Waals surface area contributed by atoms with Crippen molar-refractivity contribution in [2.24, 2.45) is 0 Å². The standard InChI is InChI=1S/C13H14O9S/c1-8-2-4-9(5-3-8)23(20,21)22-13(12(18)19,6-10(14)15)7-11(16)17/h2-5H,6-7H2,1H3,(H,14,15)(H,16,17)(H,18,19). The second kappa shape index (κ2) is 6.75. The minimum atomic E-state index is -4.68. The van der Waals surface area contributed by atoms with Crippen LogP contribution >= 0.6 is 0 Å². The second-order valence-corrected chi connectivity index (χ2v) is 6.34. The molecule has 0 saturated heterocycles. The highest BCUT2D eigenvalue weighted by atomic mass is 32.2. The van der Waals surface area contributed by atoms with Crippen LogP contribution in [0.4, 0.5) is 0 Å². The summed E-state index contributed by atoms with van der Waals surface area (Å²) in [6.07, 6.45) is -2.67. The van der Waals surface area contributed by atoms with Crippen LogP contribution in [0.1, 0.15) is 18.4 Å². The van der Waals surface area contributed by atoms with E-state index in [1.54, 1.807) is 6.92 Å². The number of rotatable bonds is 8. The fraction of sp³-hybridized carbons (Fsp3) is 0.308. The molecule has 0 aliphatic heterocycles. The molecule has 0 heterocycles. The van der Waals surface area contributed by atoms with Crippen LogP contribution in [0.3, 0.4) is 0 Å². The average molecular weight is 346 g/mol. The molecule has 10 heteroatoms. The summed E-state index contributed by atoms with van der Waals surface area (Å²) in [7, 11) is -4.68. The van der Waals surface area contributed by atoms with E-state index < -0.39 is 51.4 Å². The first kappa shape index (κ1) is 18.6. The van der Waals surface area contributed by atoms with Crippen LogP contribution in [0.25, 0.3) is 0 Å². The van der Waals surface area contributed by atoms with E-state index in [9.17, 15) is 22.8 Å². The van der Waals surface area contributed by atoms with Crippen LogP contribution in [0.15, 0.2) is 29.2 Å². The van der Waals surface area contributed by atoms with Crippen LogP contribution in [0.2, 0.25) is 0 Å². The molecule has 1 aromatic carbocycles. The first-order valence-corrected chi connectivity index (χ1v) is 7.59. The Morgan fingerprint density at radius 3 is 1.78 bits per heavy atom. The molecule has 0 bridgehead atoms. The fourth-order valence-electron chi connectivity index (χ4n) is 1.76. The summed E-state index contributed by atoms with van der Waals surface area (Å²) in [5.41, 5.74) is -2.22. The van der Waals surface area contributed by atoms with Crippen LogP contribution in [-0.2, 0) is 28.7 Å². The summed E-state index contributed by atoms with van der Waals surface area (Å²) in [5.74, 6) is -5.43. The Labute approximate surface area is 131 Å². The smallest absolute Gasteiger partial charge is 0.338 e. The van der Waals surface area contributed by atoms with Gasteiger partial charge in [0.2, 0.25) is 5.60 Å². The maximum atomic E-state index is 12.2. The van der Waals surface area contributed by atoms with Crippen molar-refractivity contribution in [2.75, 3.05) is 0 Å². The molecule has 1 rings (SSSR count). The Morgan fingerprint density at radius 2 is 1.43 bits per heavy atom. The number of carboxylic acid groups (broad SMARTS) is 3. The first-order chi connectivity index (χ1) is 10.5. The van der Waals surface area contributed by atoms with Crippen molar-refractivity contribution in [2.45, 2.75) is 30.3 Å². The van der Waals surface area contributed by atoms with Gasteiger partial charge in [-0.1, -0.05) is 17.7 Å². The van der Waals surface area contributed by atoms with Crippen molar-refractivity contribution >= 4 is 28.0 Å². The van der Waals surface area contributed by atoms with Gasteiger partial charge in [0.25, 0.3) is 10.1 Å². The van der Waals surface area contributed by atoms with Crippen molar-refractivity contribution in [3.05, 3.63) is 29.8 Å². The lowest BCUT2D eigenvalue weighted by atomic mass is 9.96. The normalized spacial score (nSPS) is 11.9. The summed E-state index contributed by atoms with van der Waals surface area (Å²) in [6, 6.07) is 5.12. The van der Waals surface area contributed by atoms with Gasteiger partial charge in [0.05, 0.1) is 17.7 Å². The summed E-state index contributed by atoms with van der Waals surface area (Å²) >= 11 is 0. The first-order valence-electron chi connectivity index (χ1n) is 6.18.